The lowest BCUT2D eigenvalue weighted by atomic mass is 10.0. The highest BCUT2D eigenvalue weighted by Gasteiger charge is 2.25. The molecule has 1 N–H and O–H groups in total. The fourth-order valence-electron chi connectivity index (χ4n) is 2.47. The van der Waals surface area contributed by atoms with Gasteiger partial charge in [0, 0.05) is 17.6 Å². The van der Waals surface area contributed by atoms with E-state index in [0.717, 1.165) is 25.8 Å². The summed E-state index contributed by atoms with van der Waals surface area (Å²) in [6, 6.07) is 5.34. The van der Waals surface area contributed by atoms with E-state index in [4.69, 9.17) is 23.2 Å². The van der Waals surface area contributed by atoms with Gasteiger partial charge in [-0.3, -0.25) is 0 Å². The summed E-state index contributed by atoms with van der Waals surface area (Å²) < 4.78 is 0. The van der Waals surface area contributed by atoms with E-state index < -0.39 is 0 Å². The van der Waals surface area contributed by atoms with Gasteiger partial charge in [-0.2, -0.15) is 0 Å². The molecule has 1 unspecified atom stereocenters. The number of anilines is 1. The van der Waals surface area contributed by atoms with Crippen molar-refractivity contribution in [3.05, 3.63) is 28.2 Å². The molecule has 1 aliphatic heterocycles. The molecule has 0 radical (unpaired) electrons. The molecule has 0 aliphatic carbocycles. The van der Waals surface area contributed by atoms with E-state index in [0.29, 0.717) is 21.8 Å². The maximum atomic E-state index is 12.3. The van der Waals surface area contributed by atoms with Gasteiger partial charge in [0.1, 0.15) is 0 Å². The average Bonchev–Trinajstić information content (AvgIpc) is 2.41. The van der Waals surface area contributed by atoms with Crippen LogP contribution in [-0.2, 0) is 0 Å². The van der Waals surface area contributed by atoms with E-state index in [2.05, 4.69) is 12.2 Å². The third-order valence-electron chi connectivity index (χ3n) is 3.53. The van der Waals surface area contributed by atoms with E-state index >= 15 is 0 Å². The number of hydrogen-bond acceptors (Lipinski definition) is 1. The number of likely N-dealkylation sites (tertiary alicyclic amines) is 1. The minimum Gasteiger partial charge on any atom is -0.322 e. The Morgan fingerprint density at radius 1 is 1.42 bits per heavy atom. The van der Waals surface area contributed by atoms with Crippen molar-refractivity contribution in [1.29, 1.82) is 0 Å². The summed E-state index contributed by atoms with van der Waals surface area (Å²) in [4.78, 5) is 14.2. The maximum Gasteiger partial charge on any atom is 0.322 e. The smallest absolute Gasteiger partial charge is 0.322 e. The highest BCUT2D eigenvalue weighted by Crippen LogP contribution is 2.27. The zero-order valence-corrected chi connectivity index (χ0v) is 12.5. The van der Waals surface area contributed by atoms with Crippen LogP contribution in [-0.4, -0.2) is 23.5 Å². The molecular formula is C14H18Cl2N2O. The van der Waals surface area contributed by atoms with Crippen LogP contribution in [0.15, 0.2) is 18.2 Å². The molecule has 2 amide bonds. The molecule has 0 saturated carbocycles. The standard InChI is InChI=1S/C14H18Cl2N2O/c1-2-11-5-3-4-8-18(11)14(19)17-13-7-6-10(15)9-12(13)16/h6-7,9,11H,2-5,8H2,1H3,(H,17,19). The molecule has 0 spiro atoms. The van der Waals surface area contributed by atoms with E-state index in [9.17, 15) is 4.79 Å². The van der Waals surface area contributed by atoms with Gasteiger partial charge in [-0.15, -0.1) is 0 Å². The Labute approximate surface area is 123 Å². The molecule has 1 aliphatic rings. The molecule has 1 heterocycles. The van der Waals surface area contributed by atoms with Crippen LogP contribution in [0.1, 0.15) is 32.6 Å². The van der Waals surface area contributed by atoms with Gasteiger partial charge < -0.3 is 10.2 Å². The largest absolute Gasteiger partial charge is 0.322 e. The molecule has 1 aromatic rings. The zero-order valence-electron chi connectivity index (χ0n) is 11.0. The van der Waals surface area contributed by atoms with E-state index in [1.165, 1.54) is 6.42 Å². The minimum absolute atomic E-state index is 0.0734. The number of urea groups is 1. The first-order valence-electron chi connectivity index (χ1n) is 6.64. The number of amides is 2. The maximum absolute atomic E-state index is 12.3. The molecule has 1 aromatic carbocycles. The van der Waals surface area contributed by atoms with Crippen LogP contribution in [0, 0.1) is 0 Å². The summed E-state index contributed by atoms with van der Waals surface area (Å²) in [5.74, 6) is 0. The summed E-state index contributed by atoms with van der Waals surface area (Å²) >= 11 is 11.9. The van der Waals surface area contributed by atoms with Crippen LogP contribution in [0.25, 0.3) is 0 Å². The molecule has 19 heavy (non-hydrogen) atoms. The molecule has 104 valence electrons. The van der Waals surface area contributed by atoms with E-state index in [1.807, 2.05) is 4.90 Å². The molecule has 3 nitrogen and oxygen atoms in total. The first kappa shape index (κ1) is 14.5. The number of nitrogens with one attached hydrogen (secondary N) is 1. The Balaban J connectivity index is 2.07. The minimum atomic E-state index is -0.0734. The van der Waals surface area contributed by atoms with Crippen molar-refractivity contribution < 1.29 is 4.79 Å². The van der Waals surface area contributed by atoms with Crippen molar-refractivity contribution in [2.45, 2.75) is 38.6 Å². The molecule has 0 bridgehead atoms. The lowest BCUT2D eigenvalue weighted by molar-refractivity contribution is 0.160. The Kier molecular flexibility index (Phi) is 4.94. The van der Waals surface area contributed by atoms with E-state index in [1.54, 1.807) is 18.2 Å². The number of piperidine rings is 1. The molecule has 0 aromatic heterocycles. The van der Waals surface area contributed by atoms with Gasteiger partial charge >= 0.3 is 6.03 Å². The Hall–Kier alpha value is -0.930. The fraction of sp³-hybridized carbons (Fsp3) is 0.500. The molecule has 1 saturated heterocycles. The van der Waals surface area contributed by atoms with Crippen LogP contribution in [0.4, 0.5) is 10.5 Å². The number of nitrogens with zero attached hydrogens (tertiary/aromatic N) is 1. The normalized spacial score (nSPS) is 19.3. The second kappa shape index (κ2) is 6.49. The van der Waals surface area contributed by atoms with Gasteiger partial charge in [0.15, 0.2) is 0 Å². The fourth-order valence-corrected chi connectivity index (χ4v) is 2.93. The van der Waals surface area contributed by atoms with Crippen molar-refractivity contribution in [3.8, 4) is 0 Å². The lowest BCUT2D eigenvalue weighted by Gasteiger charge is -2.35. The zero-order chi connectivity index (χ0) is 13.8. The number of carbonyl (C=O) groups excluding carboxylic acids is 1. The predicted octanol–water partition coefficient (Wildman–Crippen LogP) is 4.79. The van der Waals surface area contributed by atoms with Crippen LogP contribution in [0.5, 0.6) is 0 Å². The number of rotatable bonds is 2. The van der Waals surface area contributed by atoms with Gasteiger partial charge in [-0.25, -0.2) is 4.79 Å². The topological polar surface area (TPSA) is 32.3 Å². The van der Waals surface area contributed by atoms with Crippen LogP contribution in [0.3, 0.4) is 0 Å². The quantitative estimate of drug-likeness (QED) is 0.837. The predicted molar refractivity (Wildman–Crippen MR) is 80.1 cm³/mol. The van der Waals surface area contributed by atoms with Gasteiger partial charge in [-0.1, -0.05) is 30.1 Å². The second-order valence-electron chi connectivity index (χ2n) is 4.81. The highest BCUT2D eigenvalue weighted by atomic mass is 35.5. The average molecular weight is 301 g/mol. The van der Waals surface area contributed by atoms with Gasteiger partial charge in [0.25, 0.3) is 0 Å². The summed E-state index contributed by atoms with van der Waals surface area (Å²) in [5.41, 5.74) is 0.608. The highest BCUT2D eigenvalue weighted by molar-refractivity contribution is 6.36. The molecule has 5 heteroatoms. The van der Waals surface area contributed by atoms with Crippen molar-refractivity contribution in [3.63, 3.8) is 0 Å². The first-order chi connectivity index (χ1) is 9.11. The summed E-state index contributed by atoms with van der Waals surface area (Å²) in [7, 11) is 0. The third-order valence-corrected chi connectivity index (χ3v) is 4.08. The molecule has 1 fully saturated rings. The molecule has 1 atom stereocenters. The van der Waals surface area contributed by atoms with Crippen LogP contribution < -0.4 is 5.32 Å². The van der Waals surface area contributed by atoms with Crippen molar-refractivity contribution in [2.75, 3.05) is 11.9 Å². The number of halogens is 2. The van der Waals surface area contributed by atoms with Crippen molar-refractivity contribution in [2.24, 2.45) is 0 Å². The summed E-state index contributed by atoms with van der Waals surface area (Å²) in [6.45, 7) is 2.93. The first-order valence-corrected chi connectivity index (χ1v) is 7.40. The Bertz CT molecular complexity index is 465. The number of hydrogen-bond donors (Lipinski definition) is 1. The molecular weight excluding hydrogens is 283 g/mol. The van der Waals surface area contributed by atoms with Gasteiger partial charge in [0.2, 0.25) is 0 Å². The van der Waals surface area contributed by atoms with Crippen molar-refractivity contribution >= 4 is 34.9 Å². The van der Waals surface area contributed by atoms with Crippen LogP contribution in [0.2, 0.25) is 10.0 Å². The SMILES string of the molecule is CCC1CCCCN1C(=O)Nc1ccc(Cl)cc1Cl. The monoisotopic (exact) mass is 300 g/mol. The van der Waals surface area contributed by atoms with Gasteiger partial charge in [0.05, 0.1) is 10.7 Å². The van der Waals surface area contributed by atoms with Crippen LogP contribution >= 0.6 is 23.2 Å². The third kappa shape index (κ3) is 3.54. The summed E-state index contributed by atoms with van der Waals surface area (Å²) in [6.07, 6.45) is 4.34. The Morgan fingerprint density at radius 3 is 2.89 bits per heavy atom. The second-order valence-corrected chi connectivity index (χ2v) is 5.65. The van der Waals surface area contributed by atoms with Gasteiger partial charge in [-0.05, 0) is 43.9 Å². The summed E-state index contributed by atoms with van der Waals surface area (Å²) in [5, 5.41) is 3.89. The molecule has 2 rings (SSSR count). The number of benzene rings is 1. The number of carbonyl (C=O) groups is 1. The van der Waals surface area contributed by atoms with Crippen molar-refractivity contribution in [1.82, 2.24) is 4.90 Å². The lowest BCUT2D eigenvalue weighted by Crippen LogP contribution is -2.45. The Morgan fingerprint density at radius 2 is 2.21 bits per heavy atom. The van der Waals surface area contributed by atoms with E-state index in [-0.39, 0.29) is 6.03 Å².